The van der Waals surface area contributed by atoms with E-state index in [0.29, 0.717) is 5.75 Å². The third kappa shape index (κ3) is 5.09. The standard InChI is InChI=1S/C15H28N2O3S/c1-4-7-9-11(8-5-2)16-15(20)17-12(14(18)19)10-21-13(17)6-3/h11-13H,4-10H2,1-3H3,(H,16,20)(H,18,19). The Morgan fingerprint density at radius 1 is 1.29 bits per heavy atom. The highest BCUT2D eigenvalue weighted by Gasteiger charge is 2.41. The molecule has 0 saturated carbocycles. The molecule has 0 radical (unpaired) electrons. The fourth-order valence-electron chi connectivity index (χ4n) is 2.68. The second-order valence-electron chi connectivity index (χ2n) is 5.53. The highest BCUT2D eigenvalue weighted by Crippen LogP contribution is 2.31. The molecule has 1 rings (SSSR count). The van der Waals surface area contributed by atoms with Gasteiger partial charge in [-0.1, -0.05) is 40.0 Å². The van der Waals surface area contributed by atoms with E-state index in [2.05, 4.69) is 19.2 Å². The van der Waals surface area contributed by atoms with Gasteiger partial charge in [0.2, 0.25) is 0 Å². The van der Waals surface area contributed by atoms with Crippen molar-refractivity contribution in [1.82, 2.24) is 10.2 Å². The first kappa shape index (κ1) is 18.1. The Balaban J connectivity index is 2.70. The van der Waals surface area contributed by atoms with Crippen LogP contribution in [0.2, 0.25) is 0 Å². The first-order valence-electron chi connectivity index (χ1n) is 7.98. The fourth-order valence-corrected chi connectivity index (χ4v) is 4.02. The van der Waals surface area contributed by atoms with Crippen molar-refractivity contribution in [2.45, 2.75) is 76.8 Å². The monoisotopic (exact) mass is 316 g/mol. The maximum Gasteiger partial charge on any atom is 0.327 e. The average molecular weight is 316 g/mol. The number of thioether (sulfide) groups is 1. The number of carbonyl (C=O) groups excluding carboxylic acids is 1. The quantitative estimate of drug-likeness (QED) is 0.721. The summed E-state index contributed by atoms with van der Waals surface area (Å²) in [7, 11) is 0. The summed E-state index contributed by atoms with van der Waals surface area (Å²) in [6.45, 7) is 6.23. The summed E-state index contributed by atoms with van der Waals surface area (Å²) in [4.78, 5) is 25.4. The van der Waals surface area contributed by atoms with Gasteiger partial charge in [-0.15, -0.1) is 11.8 Å². The zero-order chi connectivity index (χ0) is 15.8. The number of rotatable bonds is 8. The van der Waals surface area contributed by atoms with Gasteiger partial charge in [0, 0.05) is 11.8 Å². The van der Waals surface area contributed by atoms with Gasteiger partial charge in [0.25, 0.3) is 0 Å². The van der Waals surface area contributed by atoms with Crippen LogP contribution >= 0.6 is 11.8 Å². The number of unbranched alkanes of at least 4 members (excludes halogenated alkanes) is 1. The lowest BCUT2D eigenvalue weighted by molar-refractivity contribution is -0.141. The SMILES string of the molecule is CCCCC(CCC)NC(=O)N1C(CC)SCC1C(=O)O. The second kappa shape index (κ2) is 9.18. The number of carbonyl (C=O) groups is 2. The van der Waals surface area contributed by atoms with Crippen LogP contribution in [0, 0.1) is 0 Å². The van der Waals surface area contributed by atoms with Gasteiger partial charge in [-0.25, -0.2) is 9.59 Å². The smallest absolute Gasteiger partial charge is 0.327 e. The van der Waals surface area contributed by atoms with Gasteiger partial charge in [-0.3, -0.25) is 4.90 Å². The molecule has 1 heterocycles. The minimum absolute atomic E-state index is 0.0282. The molecule has 0 aliphatic carbocycles. The minimum Gasteiger partial charge on any atom is -0.480 e. The predicted molar refractivity (Wildman–Crippen MR) is 86.6 cm³/mol. The zero-order valence-electron chi connectivity index (χ0n) is 13.3. The van der Waals surface area contributed by atoms with Crippen molar-refractivity contribution in [3.05, 3.63) is 0 Å². The second-order valence-corrected chi connectivity index (χ2v) is 6.75. The molecule has 1 fully saturated rings. The van der Waals surface area contributed by atoms with E-state index in [-0.39, 0.29) is 17.4 Å². The Bertz CT molecular complexity index is 352. The van der Waals surface area contributed by atoms with Crippen LogP contribution in [0.25, 0.3) is 0 Å². The molecule has 3 unspecified atom stereocenters. The summed E-state index contributed by atoms with van der Waals surface area (Å²) >= 11 is 1.56. The summed E-state index contributed by atoms with van der Waals surface area (Å²) in [5.41, 5.74) is 0. The molecule has 6 heteroatoms. The highest BCUT2D eigenvalue weighted by molar-refractivity contribution is 8.00. The Labute approximate surface area is 131 Å². The van der Waals surface area contributed by atoms with Crippen LogP contribution in [-0.2, 0) is 4.79 Å². The molecule has 0 aromatic carbocycles. The minimum atomic E-state index is -0.908. The molecular weight excluding hydrogens is 288 g/mol. The van der Waals surface area contributed by atoms with E-state index in [1.165, 1.54) is 4.90 Å². The van der Waals surface area contributed by atoms with Gasteiger partial charge < -0.3 is 10.4 Å². The highest BCUT2D eigenvalue weighted by atomic mass is 32.2. The van der Waals surface area contributed by atoms with Crippen LogP contribution in [0.3, 0.4) is 0 Å². The van der Waals surface area contributed by atoms with Crippen LogP contribution in [0.5, 0.6) is 0 Å². The fraction of sp³-hybridized carbons (Fsp3) is 0.867. The summed E-state index contributed by atoms with van der Waals surface area (Å²) in [5, 5.41) is 12.3. The van der Waals surface area contributed by atoms with Gasteiger partial charge in [0.15, 0.2) is 0 Å². The van der Waals surface area contributed by atoms with E-state index in [0.717, 1.165) is 38.5 Å². The molecule has 0 aromatic heterocycles. The molecule has 0 aromatic rings. The topological polar surface area (TPSA) is 69.6 Å². The largest absolute Gasteiger partial charge is 0.480 e. The number of carboxylic acid groups (broad SMARTS) is 1. The van der Waals surface area contributed by atoms with E-state index < -0.39 is 12.0 Å². The normalized spacial score (nSPS) is 23.1. The van der Waals surface area contributed by atoms with E-state index in [4.69, 9.17) is 0 Å². The molecule has 1 aliphatic heterocycles. The third-order valence-electron chi connectivity index (χ3n) is 3.83. The third-order valence-corrected chi connectivity index (χ3v) is 5.29. The molecule has 2 amide bonds. The van der Waals surface area contributed by atoms with Crippen molar-refractivity contribution >= 4 is 23.8 Å². The molecule has 0 spiro atoms. The maximum absolute atomic E-state index is 12.5. The maximum atomic E-state index is 12.5. The van der Waals surface area contributed by atoms with Gasteiger partial charge in [-0.2, -0.15) is 0 Å². The molecular formula is C15H28N2O3S. The molecule has 2 N–H and O–H groups in total. The van der Waals surface area contributed by atoms with Crippen LogP contribution in [0.4, 0.5) is 4.79 Å². The molecule has 3 atom stereocenters. The molecule has 122 valence electrons. The first-order valence-corrected chi connectivity index (χ1v) is 9.03. The van der Waals surface area contributed by atoms with Crippen LogP contribution in [-0.4, -0.2) is 45.2 Å². The van der Waals surface area contributed by atoms with Crippen molar-refractivity contribution in [3.63, 3.8) is 0 Å². The van der Waals surface area contributed by atoms with Gasteiger partial charge in [0.05, 0.1) is 5.37 Å². The van der Waals surface area contributed by atoms with Crippen molar-refractivity contribution in [1.29, 1.82) is 0 Å². The van der Waals surface area contributed by atoms with Crippen molar-refractivity contribution in [3.8, 4) is 0 Å². The van der Waals surface area contributed by atoms with Crippen LogP contribution in [0.1, 0.15) is 59.3 Å². The van der Waals surface area contributed by atoms with Crippen molar-refractivity contribution in [2.24, 2.45) is 0 Å². The van der Waals surface area contributed by atoms with Crippen LogP contribution < -0.4 is 5.32 Å². The number of nitrogens with one attached hydrogen (secondary N) is 1. The first-order chi connectivity index (χ1) is 10.0. The van der Waals surface area contributed by atoms with E-state index >= 15 is 0 Å². The van der Waals surface area contributed by atoms with Gasteiger partial charge >= 0.3 is 12.0 Å². The summed E-state index contributed by atoms with van der Waals surface area (Å²) in [6, 6.07) is -0.762. The molecule has 1 aliphatic rings. The molecule has 5 nitrogen and oxygen atoms in total. The number of carboxylic acids is 1. The summed E-state index contributed by atoms with van der Waals surface area (Å²) < 4.78 is 0. The number of hydrogen-bond donors (Lipinski definition) is 2. The number of amides is 2. The van der Waals surface area contributed by atoms with E-state index in [1.54, 1.807) is 11.8 Å². The lowest BCUT2D eigenvalue weighted by Crippen LogP contribution is -2.52. The average Bonchev–Trinajstić information content (AvgIpc) is 2.89. The Morgan fingerprint density at radius 2 is 2.00 bits per heavy atom. The summed E-state index contributed by atoms with van der Waals surface area (Å²) in [5.74, 6) is -0.427. The van der Waals surface area contributed by atoms with Gasteiger partial charge in [0.1, 0.15) is 6.04 Å². The Kier molecular flexibility index (Phi) is 7.93. The van der Waals surface area contributed by atoms with Crippen molar-refractivity contribution in [2.75, 3.05) is 5.75 Å². The number of urea groups is 1. The number of aliphatic carboxylic acids is 1. The molecule has 1 saturated heterocycles. The predicted octanol–water partition coefficient (Wildman–Crippen LogP) is 3.29. The number of hydrogen-bond acceptors (Lipinski definition) is 3. The Morgan fingerprint density at radius 3 is 2.52 bits per heavy atom. The van der Waals surface area contributed by atoms with E-state index in [1.807, 2.05) is 6.92 Å². The van der Waals surface area contributed by atoms with Gasteiger partial charge in [-0.05, 0) is 19.3 Å². The lowest BCUT2D eigenvalue weighted by Gasteiger charge is -2.29. The lowest BCUT2D eigenvalue weighted by atomic mass is 10.1. The Hall–Kier alpha value is -0.910. The zero-order valence-corrected chi connectivity index (χ0v) is 14.1. The number of nitrogens with zero attached hydrogens (tertiary/aromatic N) is 1. The molecule has 0 bridgehead atoms. The van der Waals surface area contributed by atoms with Crippen molar-refractivity contribution < 1.29 is 14.7 Å². The van der Waals surface area contributed by atoms with Crippen LogP contribution in [0.15, 0.2) is 0 Å². The summed E-state index contributed by atoms with van der Waals surface area (Å²) in [6.07, 6.45) is 5.88. The molecule has 21 heavy (non-hydrogen) atoms. The van der Waals surface area contributed by atoms with E-state index in [9.17, 15) is 14.7 Å².